The van der Waals surface area contributed by atoms with E-state index in [4.69, 9.17) is 4.74 Å². The van der Waals surface area contributed by atoms with Crippen molar-refractivity contribution in [1.29, 1.82) is 0 Å². The molecule has 3 saturated heterocycles. The van der Waals surface area contributed by atoms with Gasteiger partial charge in [-0.25, -0.2) is 0 Å². The number of rotatable bonds is 6. The zero-order valence-electron chi connectivity index (χ0n) is 18.9. The number of amides is 3. The Kier molecular flexibility index (Phi) is 7.42. The van der Waals surface area contributed by atoms with E-state index in [1.807, 2.05) is 36.1 Å². The number of benzene rings is 1. The number of aryl methyl sites for hydroxylation is 1. The van der Waals surface area contributed by atoms with Gasteiger partial charge in [0.25, 0.3) is 0 Å². The van der Waals surface area contributed by atoms with Crippen LogP contribution in [0.25, 0.3) is 0 Å². The minimum absolute atomic E-state index is 0.00161. The molecule has 1 aromatic carbocycles. The number of likely N-dealkylation sites (tertiary alicyclic amines) is 1. The number of carbonyl (C=O) groups is 3. The summed E-state index contributed by atoms with van der Waals surface area (Å²) in [5.41, 5.74) is 1.99. The standard InChI is InChI=1S/C24H34N4O4/c1-18-2-4-21(5-3-18)28-17-20(16-22(28)29)24(31)27-9-6-19(7-10-27)23(30)25-8-11-26-12-14-32-15-13-26/h2-5,19-20H,6-17H2,1H3,(H,25,30). The monoisotopic (exact) mass is 442 g/mol. The van der Waals surface area contributed by atoms with Gasteiger partial charge in [-0.1, -0.05) is 17.7 Å². The molecule has 1 unspecified atom stereocenters. The Morgan fingerprint density at radius 3 is 2.41 bits per heavy atom. The van der Waals surface area contributed by atoms with E-state index in [1.54, 1.807) is 4.90 Å². The molecule has 1 aromatic rings. The van der Waals surface area contributed by atoms with Crippen molar-refractivity contribution in [2.24, 2.45) is 11.8 Å². The van der Waals surface area contributed by atoms with Gasteiger partial charge in [0.15, 0.2) is 0 Å². The molecule has 3 aliphatic heterocycles. The maximum atomic E-state index is 13.0. The number of hydrogen-bond acceptors (Lipinski definition) is 5. The lowest BCUT2D eigenvalue weighted by molar-refractivity contribution is -0.139. The van der Waals surface area contributed by atoms with Crippen LogP contribution in [0, 0.1) is 18.8 Å². The topological polar surface area (TPSA) is 82.2 Å². The zero-order valence-corrected chi connectivity index (χ0v) is 18.9. The summed E-state index contributed by atoms with van der Waals surface area (Å²) in [4.78, 5) is 43.9. The predicted molar refractivity (Wildman–Crippen MR) is 121 cm³/mol. The highest BCUT2D eigenvalue weighted by Crippen LogP contribution is 2.28. The van der Waals surface area contributed by atoms with Gasteiger partial charge in [-0.3, -0.25) is 19.3 Å². The molecular formula is C24H34N4O4. The van der Waals surface area contributed by atoms with E-state index in [-0.39, 0.29) is 36.0 Å². The van der Waals surface area contributed by atoms with Crippen molar-refractivity contribution in [3.05, 3.63) is 29.8 Å². The van der Waals surface area contributed by atoms with Crippen molar-refractivity contribution in [1.82, 2.24) is 15.1 Å². The zero-order chi connectivity index (χ0) is 22.5. The predicted octanol–water partition coefficient (Wildman–Crippen LogP) is 1.03. The average molecular weight is 443 g/mol. The molecule has 174 valence electrons. The van der Waals surface area contributed by atoms with Crippen molar-refractivity contribution < 1.29 is 19.1 Å². The number of morpholine rings is 1. The van der Waals surface area contributed by atoms with Crippen LogP contribution in [-0.4, -0.2) is 86.5 Å². The summed E-state index contributed by atoms with van der Waals surface area (Å²) in [6, 6.07) is 7.83. The van der Waals surface area contributed by atoms with Crippen LogP contribution in [0.1, 0.15) is 24.8 Å². The van der Waals surface area contributed by atoms with Crippen LogP contribution in [0.4, 0.5) is 5.69 Å². The second kappa shape index (κ2) is 10.4. The second-order valence-corrected chi connectivity index (χ2v) is 9.09. The fraction of sp³-hybridized carbons (Fsp3) is 0.625. The summed E-state index contributed by atoms with van der Waals surface area (Å²) in [6.07, 6.45) is 1.61. The summed E-state index contributed by atoms with van der Waals surface area (Å²) < 4.78 is 5.34. The lowest BCUT2D eigenvalue weighted by Crippen LogP contribution is -2.46. The third-order valence-electron chi connectivity index (χ3n) is 6.83. The van der Waals surface area contributed by atoms with Crippen LogP contribution in [0.3, 0.4) is 0 Å². The highest BCUT2D eigenvalue weighted by atomic mass is 16.5. The SMILES string of the molecule is Cc1ccc(N2CC(C(=O)N3CCC(C(=O)NCCN4CCOCC4)CC3)CC2=O)cc1. The number of nitrogens with zero attached hydrogens (tertiary/aromatic N) is 3. The van der Waals surface area contributed by atoms with E-state index in [1.165, 1.54) is 0 Å². The third-order valence-corrected chi connectivity index (χ3v) is 6.83. The van der Waals surface area contributed by atoms with Crippen molar-refractivity contribution in [3.63, 3.8) is 0 Å². The molecule has 3 heterocycles. The number of ether oxygens (including phenoxy) is 1. The quantitative estimate of drug-likeness (QED) is 0.712. The maximum Gasteiger partial charge on any atom is 0.228 e. The molecule has 3 aliphatic rings. The van der Waals surface area contributed by atoms with Gasteiger partial charge in [-0.05, 0) is 31.9 Å². The lowest BCUT2D eigenvalue weighted by Gasteiger charge is -2.33. The Bertz CT molecular complexity index is 814. The molecule has 0 radical (unpaired) electrons. The average Bonchev–Trinajstić information content (AvgIpc) is 3.21. The molecule has 3 amide bonds. The van der Waals surface area contributed by atoms with Gasteiger partial charge in [-0.2, -0.15) is 0 Å². The van der Waals surface area contributed by atoms with E-state index >= 15 is 0 Å². The van der Waals surface area contributed by atoms with Crippen molar-refractivity contribution >= 4 is 23.4 Å². The van der Waals surface area contributed by atoms with Crippen molar-refractivity contribution in [3.8, 4) is 0 Å². The second-order valence-electron chi connectivity index (χ2n) is 9.09. The summed E-state index contributed by atoms with van der Waals surface area (Å²) in [5, 5.41) is 3.06. The van der Waals surface area contributed by atoms with E-state index in [0.717, 1.165) is 44.1 Å². The molecule has 0 aliphatic carbocycles. The van der Waals surface area contributed by atoms with E-state index in [2.05, 4.69) is 10.2 Å². The molecule has 8 nitrogen and oxygen atoms in total. The summed E-state index contributed by atoms with van der Waals surface area (Å²) in [5.74, 6) is -0.214. The molecule has 4 rings (SSSR count). The van der Waals surface area contributed by atoms with Gasteiger partial charge in [0.05, 0.1) is 19.1 Å². The highest BCUT2D eigenvalue weighted by molar-refractivity contribution is 6.00. The summed E-state index contributed by atoms with van der Waals surface area (Å²) in [6.45, 7) is 8.45. The fourth-order valence-corrected chi connectivity index (χ4v) is 4.77. The third kappa shape index (κ3) is 5.48. The Hall–Kier alpha value is -2.45. The molecule has 3 fully saturated rings. The number of hydrogen-bond donors (Lipinski definition) is 1. The molecule has 1 atom stereocenters. The Morgan fingerprint density at radius 2 is 1.72 bits per heavy atom. The Morgan fingerprint density at radius 1 is 1.03 bits per heavy atom. The van der Waals surface area contributed by atoms with Crippen LogP contribution in [0.5, 0.6) is 0 Å². The molecule has 1 N–H and O–H groups in total. The van der Waals surface area contributed by atoms with E-state index in [0.29, 0.717) is 39.0 Å². The fourth-order valence-electron chi connectivity index (χ4n) is 4.77. The lowest BCUT2D eigenvalue weighted by atomic mass is 9.94. The smallest absolute Gasteiger partial charge is 0.228 e. The molecule has 0 saturated carbocycles. The van der Waals surface area contributed by atoms with Crippen LogP contribution < -0.4 is 10.2 Å². The molecule has 8 heteroatoms. The largest absolute Gasteiger partial charge is 0.379 e. The van der Waals surface area contributed by atoms with Crippen LogP contribution in [0.2, 0.25) is 0 Å². The van der Waals surface area contributed by atoms with Crippen molar-refractivity contribution in [2.75, 3.05) is 63.9 Å². The summed E-state index contributed by atoms with van der Waals surface area (Å²) in [7, 11) is 0. The van der Waals surface area contributed by atoms with Crippen LogP contribution in [-0.2, 0) is 19.1 Å². The van der Waals surface area contributed by atoms with Gasteiger partial charge < -0.3 is 19.9 Å². The molecular weight excluding hydrogens is 408 g/mol. The van der Waals surface area contributed by atoms with Gasteiger partial charge in [0.1, 0.15) is 0 Å². The van der Waals surface area contributed by atoms with Crippen LogP contribution in [0.15, 0.2) is 24.3 Å². The van der Waals surface area contributed by atoms with Gasteiger partial charge >= 0.3 is 0 Å². The number of anilines is 1. The minimum atomic E-state index is -0.303. The maximum absolute atomic E-state index is 13.0. The first-order valence-electron chi connectivity index (χ1n) is 11.7. The Balaban J connectivity index is 1.20. The van der Waals surface area contributed by atoms with E-state index < -0.39 is 0 Å². The van der Waals surface area contributed by atoms with E-state index in [9.17, 15) is 14.4 Å². The molecule has 32 heavy (non-hydrogen) atoms. The van der Waals surface area contributed by atoms with Crippen molar-refractivity contribution in [2.45, 2.75) is 26.2 Å². The first-order valence-corrected chi connectivity index (χ1v) is 11.7. The number of carbonyl (C=O) groups excluding carboxylic acids is 3. The minimum Gasteiger partial charge on any atom is -0.379 e. The van der Waals surface area contributed by atoms with Gasteiger partial charge in [0.2, 0.25) is 17.7 Å². The molecule has 0 aromatic heterocycles. The summed E-state index contributed by atoms with van der Waals surface area (Å²) >= 11 is 0. The van der Waals surface area contributed by atoms with Gasteiger partial charge in [-0.15, -0.1) is 0 Å². The first kappa shape index (κ1) is 22.7. The number of nitrogens with one attached hydrogen (secondary N) is 1. The molecule has 0 bridgehead atoms. The normalized spacial score (nSPS) is 22.9. The Labute approximate surface area is 189 Å². The number of piperidine rings is 1. The highest BCUT2D eigenvalue weighted by Gasteiger charge is 2.38. The first-order chi connectivity index (χ1) is 15.5. The van der Waals surface area contributed by atoms with Gasteiger partial charge in [0, 0.05) is 63.8 Å². The molecule has 0 spiro atoms. The van der Waals surface area contributed by atoms with Crippen LogP contribution >= 0.6 is 0 Å².